The molecule has 0 unspecified atom stereocenters. The second-order valence-corrected chi connectivity index (χ2v) is 5.31. The lowest BCUT2D eigenvalue weighted by Crippen LogP contribution is -2.09. The molecular formula is C11H15N5O2S. The highest BCUT2D eigenvalue weighted by atomic mass is 32.1. The zero-order valence-electron chi connectivity index (χ0n) is 10.8. The Labute approximate surface area is 114 Å². The predicted molar refractivity (Wildman–Crippen MR) is 71.2 cm³/mol. The highest BCUT2D eigenvalue weighted by Crippen LogP contribution is 2.31. The maximum atomic E-state index is 11.2. The molecule has 2 aromatic heterocycles. The number of aromatic carboxylic acids is 1. The Hall–Kier alpha value is -1.80. The van der Waals surface area contributed by atoms with E-state index < -0.39 is 5.97 Å². The van der Waals surface area contributed by atoms with Crippen LogP contribution in [0.25, 0.3) is 10.6 Å². The molecule has 2 heterocycles. The molecule has 0 aromatic carbocycles. The van der Waals surface area contributed by atoms with Gasteiger partial charge in [-0.15, -0.1) is 16.4 Å². The molecular weight excluding hydrogens is 266 g/mol. The van der Waals surface area contributed by atoms with Crippen LogP contribution in [0.5, 0.6) is 0 Å². The van der Waals surface area contributed by atoms with E-state index in [1.807, 2.05) is 13.8 Å². The van der Waals surface area contributed by atoms with Crippen LogP contribution in [0.1, 0.15) is 27.6 Å². The van der Waals surface area contributed by atoms with Crippen molar-refractivity contribution in [3.63, 3.8) is 0 Å². The summed E-state index contributed by atoms with van der Waals surface area (Å²) in [6, 6.07) is 0. The lowest BCUT2D eigenvalue weighted by molar-refractivity contribution is 0.0691. The smallest absolute Gasteiger partial charge is 0.358 e. The average Bonchev–Trinajstić information content (AvgIpc) is 2.89. The van der Waals surface area contributed by atoms with Crippen molar-refractivity contribution in [3.8, 4) is 10.6 Å². The van der Waals surface area contributed by atoms with Crippen molar-refractivity contribution >= 4 is 17.3 Å². The molecule has 0 spiro atoms. The summed E-state index contributed by atoms with van der Waals surface area (Å²) in [5.74, 6) is -1.08. The first kappa shape index (κ1) is 13.6. The van der Waals surface area contributed by atoms with Gasteiger partial charge >= 0.3 is 5.97 Å². The van der Waals surface area contributed by atoms with Gasteiger partial charge in [-0.05, 0) is 26.8 Å². The van der Waals surface area contributed by atoms with Crippen LogP contribution < -0.4 is 5.73 Å². The first-order valence-corrected chi connectivity index (χ1v) is 6.67. The molecule has 2 rings (SSSR count). The Bertz CT molecular complexity index is 604. The van der Waals surface area contributed by atoms with Crippen molar-refractivity contribution in [2.24, 2.45) is 5.73 Å². The van der Waals surface area contributed by atoms with Crippen LogP contribution in [-0.4, -0.2) is 37.6 Å². The standard InChI is InChI=1S/C11H15N5O2S/c1-6-10(19-7(2)13-6)9-8(11(17)18)14-15-16(9)5-3-4-12/h3-5,12H2,1-2H3,(H,17,18). The number of carbonyl (C=O) groups is 1. The highest BCUT2D eigenvalue weighted by molar-refractivity contribution is 7.15. The summed E-state index contributed by atoms with van der Waals surface area (Å²) >= 11 is 1.44. The van der Waals surface area contributed by atoms with Gasteiger partial charge in [-0.25, -0.2) is 14.5 Å². The normalized spacial score (nSPS) is 10.9. The molecule has 0 fully saturated rings. The number of aryl methyl sites for hydroxylation is 3. The van der Waals surface area contributed by atoms with Crippen molar-refractivity contribution in [2.75, 3.05) is 6.54 Å². The summed E-state index contributed by atoms with van der Waals surface area (Å²) in [5, 5.41) is 17.7. The number of hydrogen-bond donors (Lipinski definition) is 2. The number of thiazole rings is 1. The van der Waals surface area contributed by atoms with Gasteiger partial charge < -0.3 is 10.8 Å². The zero-order valence-corrected chi connectivity index (χ0v) is 11.6. The van der Waals surface area contributed by atoms with Gasteiger partial charge in [-0.2, -0.15) is 0 Å². The third-order valence-electron chi connectivity index (χ3n) is 2.63. The molecule has 2 aromatic rings. The highest BCUT2D eigenvalue weighted by Gasteiger charge is 2.23. The van der Waals surface area contributed by atoms with Crippen LogP contribution in [0.4, 0.5) is 0 Å². The van der Waals surface area contributed by atoms with Crippen molar-refractivity contribution < 1.29 is 9.90 Å². The molecule has 7 nitrogen and oxygen atoms in total. The third-order valence-corrected chi connectivity index (χ3v) is 3.71. The minimum atomic E-state index is -1.08. The number of nitrogens with two attached hydrogens (primary N) is 1. The Kier molecular flexibility index (Phi) is 3.91. The number of nitrogens with zero attached hydrogens (tertiary/aromatic N) is 4. The van der Waals surface area contributed by atoms with Gasteiger partial charge in [-0.1, -0.05) is 5.21 Å². The molecule has 19 heavy (non-hydrogen) atoms. The lowest BCUT2D eigenvalue weighted by Gasteiger charge is -2.05. The van der Waals surface area contributed by atoms with Crippen LogP contribution in [0.2, 0.25) is 0 Å². The zero-order chi connectivity index (χ0) is 14.0. The van der Waals surface area contributed by atoms with Gasteiger partial charge in [0.15, 0.2) is 5.69 Å². The SMILES string of the molecule is Cc1nc(C)c(-c2c(C(=O)O)nnn2CCCN)s1. The molecule has 0 atom stereocenters. The maximum absolute atomic E-state index is 11.2. The molecule has 0 amide bonds. The number of rotatable bonds is 5. The van der Waals surface area contributed by atoms with Crippen LogP contribution >= 0.6 is 11.3 Å². The van der Waals surface area contributed by atoms with E-state index in [0.717, 1.165) is 15.6 Å². The molecule has 0 saturated carbocycles. The molecule has 0 aliphatic rings. The second-order valence-electron chi connectivity index (χ2n) is 4.10. The first-order chi connectivity index (χ1) is 9.04. The van der Waals surface area contributed by atoms with E-state index in [1.165, 1.54) is 11.3 Å². The van der Waals surface area contributed by atoms with Gasteiger partial charge in [0, 0.05) is 6.54 Å². The Morgan fingerprint density at radius 3 is 2.74 bits per heavy atom. The fraction of sp³-hybridized carbons (Fsp3) is 0.455. The van der Waals surface area contributed by atoms with Gasteiger partial charge in [0.25, 0.3) is 0 Å². The van der Waals surface area contributed by atoms with Crippen molar-refractivity contribution in [3.05, 3.63) is 16.4 Å². The van der Waals surface area contributed by atoms with E-state index >= 15 is 0 Å². The summed E-state index contributed by atoms with van der Waals surface area (Å²) < 4.78 is 1.59. The van der Waals surface area contributed by atoms with Gasteiger partial charge in [0.1, 0.15) is 5.69 Å². The van der Waals surface area contributed by atoms with Crippen LogP contribution in [0.3, 0.4) is 0 Å². The monoisotopic (exact) mass is 281 g/mol. The molecule has 102 valence electrons. The average molecular weight is 281 g/mol. The van der Waals surface area contributed by atoms with Gasteiger partial charge in [0.05, 0.1) is 15.6 Å². The van der Waals surface area contributed by atoms with E-state index in [9.17, 15) is 9.90 Å². The van der Waals surface area contributed by atoms with E-state index in [1.54, 1.807) is 4.68 Å². The summed E-state index contributed by atoms with van der Waals surface area (Å²) in [6.07, 6.45) is 0.715. The van der Waals surface area contributed by atoms with Crippen molar-refractivity contribution in [2.45, 2.75) is 26.8 Å². The Morgan fingerprint density at radius 1 is 1.47 bits per heavy atom. The van der Waals surface area contributed by atoms with E-state index in [-0.39, 0.29) is 5.69 Å². The van der Waals surface area contributed by atoms with Crippen molar-refractivity contribution in [1.29, 1.82) is 0 Å². The lowest BCUT2D eigenvalue weighted by atomic mass is 10.2. The number of hydrogen-bond acceptors (Lipinski definition) is 6. The van der Waals surface area contributed by atoms with Crippen molar-refractivity contribution in [1.82, 2.24) is 20.0 Å². The fourth-order valence-electron chi connectivity index (χ4n) is 1.83. The minimum Gasteiger partial charge on any atom is -0.476 e. The molecule has 0 aliphatic heterocycles. The van der Waals surface area contributed by atoms with Gasteiger partial charge in [-0.3, -0.25) is 0 Å². The number of carboxylic acids is 1. The quantitative estimate of drug-likeness (QED) is 0.848. The van der Waals surface area contributed by atoms with E-state index in [0.29, 0.717) is 25.2 Å². The summed E-state index contributed by atoms with van der Waals surface area (Å²) in [7, 11) is 0. The van der Waals surface area contributed by atoms with E-state index in [2.05, 4.69) is 15.3 Å². The second kappa shape index (κ2) is 5.45. The van der Waals surface area contributed by atoms with Crippen LogP contribution in [0, 0.1) is 13.8 Å². The van der Waals surface area contributed by atoms with Crippen LogP contribution in [0.15, 0.2) is 0 Å². The fourth-order valence-corrected chi connectivity index (χ4v) is 2.80. The summed E-state index contributed by atoms with van der Waals surface area (Å²) in [4.78, 5) is 16.4. The third kappa shape index (κ3) is 2.64. The number of carboxylic acid groups (broad SMARTS) is 1. The largest absolute Gasteiger partial charge is 0.476 e. The minimum absolute atomic E-state index is 0.0382. The Balaban J connectivity index is 2.54. The van der Waals surface area contributed by atoms with E-state index in [4.69, 9.17) is 5.73 Å². The maximum Gasteiger partial charge on any atom is 0.358 e. The molecule has 0 radical (unpaired) electrons. The summed E-state index contributed by atoms with van der Waals surface area (Å²) in [6.45, 7) is 4.80. The molecule has 0 aliphatic carbocycles. The number of aromatic nitrogens is 4. The molecule has 0 bridgehead atoms. The first-order valence-electron chi connectivity index (χ1n) is 5.85. The Morgan fingerprint density at radius 2 is 2.21 bits per heavy atom. The topological polar surface area (TPSA) is 107 Å². The molecule has 0 saturated heterocycles. The molecule has 3 N–H and O–H groups in total. The van der Waals surface area contributed by atoms with Crippen LogP contribution in [-0.2, 0) is 6.54 Å². The molecule has 8 heteroatoms. The van der Waals surface area contributed by atoms with Gasteiger partial charge in [0.2, 0.25) is 0 Å². The predicted octanol–water partition coefficient (Wildman–Crippen LogP) is 1.07. The summed E-state index contributed by atoms with van der Waals surface area (Å²) in [5.41, 5.74) is 6.75.